The summed E-state index contributed by atoms with van der Waals surface area (Å²) in [6.45, 7) is 2.78. The average Bonchev–Trinajstić information content (AvgIpc) is 3.32. The number of carbonyl (C=O) groups is 3. The number of imide groups is 1. The number of hydrogen-bond donors (Lipinski definition) is 2. The molecule has 2 fully saturated rings. The molecule has 1 aliphatic heterocycles. The molecule has 30 heavy (non-hydrogen) atoms. The van der Waals surface area contributed by atoms with E-state index in [1.54, 1.807) is 12.5 Å². The van der Waals surface area contributed by atoms with Gasteiger partial charge in [-0.25, -0.2) is 9.78 Å². The van der Waals surface area contributed by atoms with Crippen LogP contribution in [0.5, 0.6) is 0 Å². The van der Waals surface area contributed by atoms with Gasteiger partial charge in [0.15, 0.2) is 0 Å². The van der Waals surface area contributed by atoms with Crippen molar-refractivity contribution in [3.05, 3.63) is 54.1 Å². The molecule has 1 aromatic heterocycles. The first kappa shape index (κ1) is 20.1. The highest BCUT2D eigenvalue weighted by molar-refractivity contribution is 6.09. The van der Waals surface area contributed by atoms with Gasteiger partial charge in [0, 0.05) is 25.5 Å². The summed E-state index contributed by atoms with van der Waals surface area (Å²) >= 11 is 0. The minimum Gasteiger partial charge on any atom is -0.350 e. The maximum Gasteiger partial charge on any atom is 0.325 e. The molecular weight excluding hydrogens is 382 g/mol. The lowest BCUT2D eigenvalue weighted by atomic mass is 9.73. The minimum absolute atomic E-state index is 0.0778. The van der Waals surface area contributed by atoms with Crippen molar-refractivity contribution < 1.29 is 14.4 Å². The molecule has 2 heterocycles. The van der Waals surface area contributed by atoms with Crippen LogP contribution in [0.4, 0.5) is 4.79 Å². The third-order valence-corrected chi connectivity index (χ3v) is 6.21. The molecule has 1 saturated heterocycles. The maximum absolute atomic E-state index is 13.0. The quantitative estimate of drug-likeness (QED) is 0.714. The van der Waals surface area contributed by atoms with Crippen molar-refractivity contribution in [1.82, 2.24) is 25.1 Å². The van der Waals surface area contributed by atoms with E-state index >= 15 is 0 Å². The molecule has 2 unspecified atom stereocenters. The van der Waals surface area contributed by atoms with Crippen LogP contribution in [0.2, 0.25) is 0 Å². The summed E-state index contributed by atoms with van der Waals surface area (Å²) in [6.07, 6.45) is 8.90. The van der Waals surface area contributed by atoms with E-state index in [4.69, 9.17) is 0 Å². The van der Waals surface area contributed by atoms with Crippen molar-refractivity contribution in [1.29, 1.82) is 0 Å². The Kier molecular flexibility index (Phi) is 5.57. The second kappa shape index (κ2) is 8.30. The van der Waals surface area contributed by atoms with E-state index in [9.17, 15) is 14.4 Å². The van der Waals surface area contributed by atoms with E-state index in [2.05, 4.69) is 15.6 Å². The second-order valence-electron chi connectivity index (χ2n) is 8.27. The molecule has 4 rings (SSSR count). The highest BCUT2D eigenvalue weighted by Gasteiger charge is 2.55. The summed E-state index contributed by atoms with van der Waals surface area (Å²) in [6, 6.07) is 7.45. The molecule has 1 spiro atoms. The van der Waals surface area contributed by atoms with E-state index in [0.29, 0.717) is 19.5 Å². The molecule has 1 saturated carbocycles. The molecule has 2 aliphatic rings. The fraction of sp³-hybridized carbons (Fsp3) is 0.455. The highest BCUT2D eigenvalue weighted by Crippen LogP contribution is 2.38. The predicted molar refractivity (Wildman–Crippen MR) is 110 cm³/mol. The molecule has 8 heteroatoms. The lowest BCUT2D eigenvalue weighted by molar-refractivity contribution is -0.137. The largest absolute Gasteiger partial charge is 0.350 e. The van der Waals surface area contributed by atoms with Gasteiger partial charge < -0.3 is 15.2 Å². The van der Waals surface area contributed by atoms with E-state index < -0.39 is 11.6 Å². The number of hydrogen-bond acceptors (Lipinski definition) is 4. The van der Waals surface area contributed by atoms with Crippen molar-refractivity contribution in [2.24, 2.45) is 5.92 Å². The Balaban J connectivity index is 1.34. The number of carbonyl (C=O) groups excluding carboxylic acids is 3. The first-order chi connectivity index (χ1) is 14.5. The molecule has 2 aromatic rings. The lowest BCUT2D eigenvalue weighted by Gasteiger charge is -2.36. The maximum atomic E-state index is 13.0. The molecule has 0 bridgehead atoms. The van der Waals surface area contributed by atoms with Crippen LogP contribution in [0.15, 0.2) is 43.0 Å². The third kappa shape index (κ3) is 3.94. The van der Waals surface area contributed by atoms with E-state index in [1.807, 2.05) is 42.0 Å². The first-order valence-electron chi connectivity index (χ1n) is 10.4. The number of imidazole rings is 1. The summed E-state index contributed by atoms with van der Waals surface area (Å²) < 4.78 is 1.97. The van der Waals surface area contributed by atoms with Gasteiger partial charge in [-0.3, -0.25) is 14.5 Å². The van der Waals surface area contributed by atoms with E-state index in [-0.39, 0.29) is 24.3 Å². The van der Waals surface area contributed by atoms with Gasteiger partial charge in [-0.05, 0) is 29.9 Å². The van der Waals surface area contributed by atoms with E-state index in [1.165, 1.54) is 0 Å². The normalized spacial score (nSPS) is 23.6. The van der Waals surface area contributed by atoms with Crippen LogP contribution in [0, 0.1) is 5.92 Å². The number of rotatable bonds is 6. The Morgan fingerprint density at radius 3 is 2.90 bits per heavy atom. The van der Waals surface area contributed by atoms with Crippen LogP contribution in [0.1, 0.15) is 43.7 Å². The van der Waals surface area contributed by atoms with Gasteiger partial charge in [0.25, 0.3) is 5.91 Å². The van der Waals surface area contributed by atoms with E-state index in [0.717, 1.165) is 35.3 Å². The number of benzene rings is 1. The zero-order valence-corrected chi connectivity index (χ0v) is 17.1. The minimum atomic E-state index is -0.836. The van der Waals surface area contributed by atoms with Crippen molar-refractivity contribution in [3.8, 4) is 0 Å². The zero-order chi connectivity index (χ0) is 21.1. The average molecular weight is 409 g/mol. The van der Waals surface area contributed by atoms with Crippen molar-refractivity contribution in [3.63, 3.8) is 0 Å². The number of amides is 4. The monoisotopic (exact) mass is 409 g/mol. The molecular formula is C22H27N5O3. The number of aromatic nitrogens is 2. The standard InChI is InChI=1S/C22H27N5O3/c1-16-5-2-3-8-22(16)20(29)27(21(30)25-22)14-19(28)24-12-17-6-4-7-18(11-17)13-26-10-9-23-15-26/h4,6-7,9-11,15-16H,2-3,5,8,12-14H2,1H3,(H,24,28)(H,25,30). The predicted octanol–water partition coefficient (Wildman–Crippen LogP) is 2.05. The van der Waals surface area contributed by atoms with Crippen LogP contribution < -0.4 is 10.6 Å². The third-order valence-electron chi connectivity index (χ3n) is 6.21. The van der Waals surface area contributed by atoms with Gasteiger partial charge in [-0.15, -0.1) is 0 Å². The van der Waals surface area contributed by atoms with Crippen molar-refractivity contribution in [2.75, 3.05) is 6.54 Å². The molecule has 1 aromatic carbocycles. The van der Waals surface area contributed by atoms with Gasteiger partial charge >= 0.3 is 6.03 Å². The Bertz CT molecular complexity index is 942. The second-order valence-corrected chi connectivity index (χ2v) is 8.27. The summed E-state index contributed by atoms with van der Waals surface area (Å²) in [4.78, 5) is 42.9. The molecule has 2 N–H and O–H groups in total. The van der Waals surface area contributed by atoms with Crippen LogP contribution in [0.3, 0.4) is 0 Å². The number of nitrogens with one attached hydrogen (secondary N) is 2. The SMILES string of the molecule is CC1CCCCC12NC(=O)N(CC(=O)NCc1cccc(Cn3ccnc3)c1)C2=O. The van der Waals surface area contributed by atoms with Gasteiger partial charge in [-0.1, -0.05) is 44.0 Å². The summed E-state index contributed by atoms with van der Waals surface area (Å²) in [7, 11) is 0. The first-order valence-corrected chi connectivity index (χ1v) is 10.4. The Morgan fingerprint density at radius 2 is 2.13 bits per heavy atom. The summed E-state index contributed by atoms with van der Waals surface area (Å²) in [5.41, 5.74) is 1.22. The molecule has 158 valence electrons. The number of nitrogens with zero attached hydrogens (tertiary/aromatic N) is 3. The molecule has 1 aliphatic carbocycles. The Labute approximate surface area is 175 Å². The van der Waals surface area contributed by atoms with Crippen LogP contribution >= 0.6 is 0 Å². The smallest absolute Gasteiger partial charge is 0.325 e. The molecule has 2 atom stereocenters. The van der Waals surface area contributed by atoms with Crippen LogP contribution in [-0.4, -0.2) is 44.4 Å². The van der Waals surface area contributed by atoms with Crippen LogP contribution in [0.25, 0.3) is 0 Å². The highest BCUT2D eigenvalue weighted by atomic mass is 16.2. The van der Waals surface area contributed by atoms with Crippen LogP contribution in [-0.2, 0) is 22.7 Å². The van der Waals surface area contributed by atoms with Gasteiger partial charge in [0.05, 0.1) is 6.33 Å². The molecule has 0 radical (unpaired) electrons. The fourth-order valence-electron chi connectivity index (χ4n) is 4.47. The molecule has 8 nitrogen and oxygen atoms in total. The Morgan fingerprint density at radius 1 is 1.30 bits per heavy atom. The summed E-state index contributed by atoms with van der Waals surface area (Å²) in [5, 5.41) is 5.70. The van der Waals surface area contributed by atoms with Gasteiger partial charge in [0.1, 0.15) is 12.1 Å². The van der Waals surface area contributed by atoms with Gasteiger partial charge in [-0.2, -0.15) is 0 Å². The number of urea groups is 1. The lowest BCUT2D eigenvalue weighted by Crippen LogP contribution is -2.54. The van der Waals surface area contributed by atoms with Crippen molar-refractivity contribution in [2.45, 2.75) is 51.2 Å². The van der Waals surface area contributed by atoms with Crippen molar-refractivity contribution >= 4 is 17.8 Å². The van der Waals surface area contributed by atoms with Gasteiger partial charge in [0.2, 0.25) is 5.91 Å². The topological polar surface area (TPSA) is 96.3 Å². The zero-order valence-electron chi connectivity index (χ0n) is 17.1. The molecule has 4 amide bonds. The fourth-order valence-corrected chi connectivity index (χ4v) is 4.47. The summed E-state index contributed by atoms with van der Waals surface area (Å²) in [5.74, 6) is -0.537. The Hall–Kier alpha value is -3.16.